The maximum Gasteiger partial charge on any atom is 0.416 e. The molecule has 1 aromatic carbocycles. The van der Waals surface area contributed by atoms with Gasteiger partial charge in [0.15, 0.2) is 0 Å². The van der Waals surface area contributed by atoms with Gasteiger partial charge in [-0.2, -0.15) is 13.2 Å². The van der Waals surface area contributed by atoms with E-state index in [1.54, 1.807) is 0 Å². The number of nitrogens with one attached hydrogen (secondary N) is 2. The summed E-state index contributed by atoms with van der Waals surface area (Å²) in [5.74, 6) is 0.708. The highest BCUT2D eigenvalue weighted by atomic mass is 19.4. The number of alkyl halides is 3. The van der Waals surface area contributed by atoms with E-state index in [2.05, 4.69) is 15.6 Å². The minimum atomic E-state index is -4.29. The van der Waals surface area contributed by atoms with Crippen LogP contribution in [0.5, 0.6) is 0 Å². The minimum Gasteiger partial charge on any atom is -0.366 e. The van der Waals surface area contributed by atoms with Crippen molar-refractivity contribution in [2.45, 2.75) is 38.1 Å². The maximum absolute atomic E-state index is 12.5. The highest BCUT2D eigenvalue weighted by molar-refractivity contribution is 5.37. The Morgan fingerprint density at radius 1 is 0.957 bits per heavy atom. The molecule has 0 amide bonds. The van der Waals surface area contributed by atoms with Crippen molar-refractivity contribution in [2.24, 2.45) is 0 Å². The summed E-state index contributed by atoms with van der Waals surface area (Å²) < 4.78 is 37.5. The molecule has 2 N–H and O–H groups in total. The number of hydrogen-bond donors (Lipinski definition) is 2. The topological polar surface area (TPSA) is 37.0 Å². The van der Waals surface area contributed by atoms with Crippen LogP contribution in [0.2, 0.25) is 0 Å². The Morgan fingerprint density at radius 3 is 2.22 bits per heavy atom. The number of halogens is 3. The highest BCUT2D eigenvalue weighted by Crippen LogP contribution is 2.29. The van der Waals surface area contributed by atoms with Crippen LogP contribution >= 0.6 is 0 Å². The highest BCUT2D eigenvalue weighted by Gasteiger charge is 2.29. The molecule has 0 aliphatic heterocycles. The van der Waals surface area contributed by atoms with E-state index in [1.165, 1.54) is 25.0 Å². The summed E-state index contributed by atoms with van der Waals surface area (Å²) in [5.41, 5.74) is 1.27. The Bertz CT molecular complexity index is 632. The number of pyridine rings is 1. The molecule has 0 unspecified atom stereocenters. The smallest absolute Gasteiger partial charge is 0.366 e. The van der Waals surface area contributed by atoms with Crippen molar-refractivity contribution in [3.05, 3.63) is 59.3 Å². The molecule has 0 bridgehead atoms. The number of aromatic nitrogens is 1. The molecule has 0 spiro atoms. The Kier molecular flexibility index (Phi) is 4.52. The average molecular weight is 321 g/mol. The monoisotopic (exact) mass is 321 g/mol. The van der Waals surface area contributed by atoms with Gasteiger partial charge < -0.3 is 10.6 Å². The third kappa shape index (κ3) is 4.69. The van der Waals surface area contributed by atoms with Crippen molar-refractivity contribution in [3.63, 3.8) is 0 Å². The summed E-state index contributed by atoms with van der Waals surface area (Å²) in [7, 11) is 0. The molecule has 0 atom stereocenters. The second-order valence-electron chi connectivity index (χ2n) is 5.76. The van der Waals surface area contributed by atoms with E-state index in [4.69, 9.17) is 0 Å². The van der Waals surface area contributed by atoms with Gasteiger partial charge in [-0.3, -0.25) is 0 Å². The van der Waals surface area contributed by atoms with Crippen LogP contribution in [0.15, 0.2) is 42.6 Å². The zero-order valence-corrected chi connectivity index (χ0v) is 12.5. The fourth-order valence-corrected chi connectivity index (χ4v) is 2.19. The van der Waals surface area contributed by atoms with Crippen LogP contribution in [0.3, 0.4) is 0 Å². The summed E-state index contributed by atoms with van der Waals surface area (Å²) in [5, 5.41) is 6.53. The third-order valence-corrected chi connectivity index (χ3v) is 3.75. The molecule has 6 heteroatoms. The van der Waals surface area contributed by atoms with Gasteiger partial charge in [-0.15, -0.1) is 0 Å². The first-order chi connectivity index (χ1) is 11.0. The lowest BCUT2D eigenvalue weighted by Gasteiger charge is -2.09. The summed E-state index contributed by atoms with van der Waals surface area (Å²) in [6.07, 6.45) is 0.0166. The number of rotatable bonds is 6. The lowest BCUT2D eigenvalue weighted by molar-refractivity contribution is -0.137. The summed E-state index contributed by atoms with van der Waals surface area (Å²) in [6, 6.07) is 9.68. The van der Waals surface area contributed by atoms with Crippen molar-refractivity contribution < 1.29 is 13.2 Å². The second-order valence-corrected chi connectivity index (χ2v) is 5.76. The Morgan fingerprint density at radius 2 is 1.65 bits per heavy atom. The molecule has 3 nitrogen and oxygen atoms in total. The number of hydrogen-bond acceptors (Lipinski definition) is 3. The van der Waals surface area contributed by atoms with E-state index in [1.807, 2.05) is 18.3 Å². The average Bonchev–Trinajstić information content (AvgIpc) is 3.36. The quantitative estimate of drug-likeness (QED) is 0.845. The molecule has 122 valence electrons. The molecule has 3 rings (SSSR count). The van der Waals surface area contributed by atoms with Gasteiger partial charge in [0.25, 0.3) is 0 Å². The van der Waals surface area contributed by atoms with Gasteiger partial charge in [0.2, 0.25) is 0 Å². The molecule has 2 aromatic rings. The van der Waals surface area contributed by atoms with E-state index in [-0.39, 0.29) is 0 Å². The predicted molar refractivity (Wildman–Crippen MR) is 82.9 cm³/mol. The largest absolute Gasteiger partial charge is 0.416 e. The fourth-order valence-electron chi connectivity index (χ4n) is 2.19. The van der Waals surface area contributed by atoms with Crippen molar-refractivity contribution in [2.75, 3.05) is 5.32 Å². The van der Waals surface area contributed by atoms with E-state index < -0.39 is 11.7 Å². The standard InChI is InChI=1S/C17H18F3N3/c18-17(19,20)14-4-1-12(2-5-14)9-22-16-8-3-13(11-23-16)10-21-15-6-7-15/h1-5,8,11,15,21H,6-7,9-10H2,(H,22,23). The van der Waals surface area contributed by atoms with Gasteiger partial charge >= 0.3 is 6.18 Å². The van der Waals surface area contributed by atoms with Crippen LogP contribution < -0.4 is 10.6 Å². The molecule has 1 heterocycles. The molecule has 0 radical (unpaired) electrons. The first-order valence-corrected chi connectivity index (χ1v) is 7.59. The molecule has 1 saturated carbocycles. The van der Waals surface area contributed by atoms with Gasteiger partial charge in [-0.25, -0.2) is 4.98 Å². The zero-order chi connectivity index (χ0) is 16.3. The van der Waals surface area contributed by atoms with Crippen molar-refractivity contribution in [1.82, 2.24) is 10.3 Å². The third-order valence-electron chi connectivity index (χ3n) is 3.75. The SMILES string of the molecule is FC(F)(F)c1ccc(CNc2ccc(CNC3CC3)cn2)cc1. The van der Waals surface area contributed by atoms with E-state index in [0.29, 0.717) is 18.4 Å². The number of anilines is 1. The lowest BCUT2D eigenvalue weighted by Crippen LogP contribution is -2.15. The van der Waals surface area contributed by atoms with E-state index in [0.717, 1.165) is 29.8 Å². The lowest BCUT2D eigenvalue weighted by atomic mass is 10.1. The van der Waals surface area contributed by atoms with Gasteiger partial charge in [-0.1, -0.05) is 18.2 Å². The molecule has 23 heavy (non-hydrogen) atoms. The van der Waals surface area contributed by atoms with E-state index in [9.17, 15) is 13.2 Å². The molecular weight excluding hydrogens is 303 g/mol. The Hall–Kier alpha value is -2.08. The number of benzene rings is 1. The molecular formula is C17H18F3N3. The molecule has 1 aliphatic rings. The van der Waals surface area contributed by atoms with Crippen LogP contribution in [0.1, 0.15) is 29.5 Å². The minimum absolute atomic E-state index is 0.435. The van der Waals surface area contributed by atoms with Gasteiger partial charge in [0.05, 0.1) is 5.56 Å². The van der Waals surface area contributed by atoms with Crippen molar-refractivity contribution in [1.29, 1.82) is 0 Å². The van der Waals surface area contributed by atoms with Crippen LogP contribution in [0.25, 0.3) is 0 Å². The molecule has 1 aromatic heterocycles. The van der Waals surface area contributed by atoms with Gasteiger partial charge in [0.1, 0.15) is 5.82 Å². The van der Waals surface area contributed by atoms with Crippen LogP contribution in [0.4, 0.5) is 19.0 Å². The van der Waals surface area contributed by atoms with Crippen LogP contribution in [0, 0.1) is 0 Å². The Balaban J connectivity index is 1.51. The van der Waals surface area contributed by atoms with Crippen molar-refractivity contribution in [3.8, 4) is 0 Å². The molecule has 1 aliphatic carbocycles. The number of nitrogens with zero attached hydrogens (tertiary/aromatic N) is 1. The van der Waals surface area contributed by atoms with Crippen LogP contribution in [-0.4, -0.2) is 11.0 Å². The van der Waals surface area contributed by atoms with Gasteiger partial charge in [-0.05, 0) is 42.2 Å². The predicted octanol–water partition coefficient (Wildman–Crippen LogP) is 3.96. The first-order valence-electron chi connectivity index (χ1n) is 7.59. The van der Waals surface area contributed by atoms with E-state index >= 15 is 0 Å². The normalized spacial score (nSPS) is 14.7. The Labute approximate surface area is 132 Å². The summed E-state index contributed by atoms with van der Waals surface area (Å²) in [4.78, 5) is 4.32. The van der Waals surface area contributed by atoms with Gasteiger partial charge in [0, 0.05) is 25.3 Å². The zero-order valence-electron chi connectivity index (χ0n) is 12.5. The summed E-state index contributed by atoms with van der Waals surface area (Å²) in [6.45, 7) is 1.25. The van der Waals surface area contributed by atoms with Crippen molar-refractivity contribution >= 4 is 5.82 Å². The first kappa shape index (κ1) is 15.8. The summed E-state index contributed by atoms with van der Waals surface area (Å²) >= 11 is 0. The van der Waals surface area contributed by atoms with Crippen LogP contribution in [-0.2, 0) is 19.3 Å². The molecule has 0 saturated heterocycles. The second kappa shape index (κ2) is 6.58. The molecule has 1 fully saturated rings. The maximum atomic E-state index is 12.5. The fraction of sp³-hybridized carbons (Fsp3) is 0.353.